The zero-order valence-electron chi connectivity index (χ0n) is 22.2. The molecule has 0 saturated carbocycles. The number of hydrogen-bond acceptors (Lipinski definition) is 7. The molecule has 0 aliphatic rings. The molecule has 0 amide bonds. The molecule has 3 aromatic carbocycles. The minimum absolute atomic E-state index is 0.0588. The van der Waals surface area contributed by atoms with E-state index in [0.717, 1.165) is 22.8 Å². The van der Waals surface area contributed by atoms with Gasteiger partial charge in [0.25, 0.3) is 10.0 Å². The van der Waals surface area contributed by atoms with Crippen LogP contribution in [0.25, 0.3) is 0 Å². The topological polar surface area (TPSA) is 93.7 Å². The fraction of sp³-hybridized carbons (Fsp3) is 0.214. The van der Waals surface area contributed by atoms with Gasteiger partial charge in [0.1, 0.15) is 41.1 Å². The van der Waals surface area contributed by atoms with E-state index in [1.54, 1.807) is 25.1 Å². The summed E-state index contributed by atoms with van der Waals surface area (Å²) in [6.07, 6.45) is 2.81. The van der Waals surface area contributed by atoms with Crippen molar-refractivity contribution in [2.75, 3.05) is 23.8 Å². The molecule has 1 heterocycles. The van der Waals surface area contributed by atoms with E-state index in [1.807, 2.05) is 0 Å². The largest absolute Gasteiger partial charge is 0.497 e. The molecule has 41 heavy (non-hydrogen) atoms. The van der Waals surface area contributed by atoms with Gasteiger partial charge in [0.05, 0.1) is 26.8 Å². The maximum atomic E-state index is 15.5. The maximum Gasteiger partial charge on any atom is 0.271 e. The second-order valence-corrected chi connectivity index (χ2v) is 11.0. The fourth-order valence-electron chi connectivity index (χ4n) is 4.24. The number of nitrogens with one attached hydrogen (secondary N) is 1. The zero-order chi connectivity index (χ0) is 29.7. The Morgan fingerprint density at radius 1 is 1.00 bits per heavy atom. The highest BCUT2D eigenvalue weighted by atomic mass is 35.5. The normalized spacial score (nSPS) is 12.1. The van der Waals surface area contributed by atoms with Crippen molar-refractivity contribution >= 4 is 33.1 Å². The van der Waals surface area contributed by atoms with Crippen molar-refractivity contribution in [3.05, 3.63) is 101 Å². The van der Waals surface area contributed by atoms with Crippen LogP contribution in [0.2, 0.25) is 5.02 Å². The summed E-state index contributed by atoms with van der Waals surface area (Å²) in [5, 5.41) is 3.18. The van der Waals surface area contributed by atoms with E-state index >= 15 is 8.78 Å². The van der Waals surface area contributed by atoms with Gasteiger partial charge in [0.15, 0.2) is 4.90 Å². The Bertz CT molecular complexity index is 1620. The van der Waals surface area contributed by atoms with Gasteiger partial charge in [-0.15, -0.1) is 0 Å². The second kappa shape index (κ2) is 12.6. The lowest BCUT2D eigenvalue weighted by molar-refractivity contribution is 0.391. The molecular weight excluding hydrogens is 581 g/mol. The molecule has 0 fully saturated rings. The first-order chi connectivity index (χ1) is 19.6. The summed E-state index contributed by atoms with van der Waals surface area (Å²) in [4.78, 5) is 6.63. The standard InChI is InChI=1S/C28H26ClF3N4O4S/c1-4-25(21-11-18(30)6-8-22(21)29)35-19-12-23(31)28(24(32)13-19)41(37,38)36(27-9-10-33-16-34-27)15-17-5-7-20(39-2)14-26(17)40-3/h5-14,16,25,35H,4,15H2,1-3H3. The minimum atomic E-state index is -4.86. The van der Waals surface area contributed by atoms with Gasteiger partial charge in [-0.3, -0.25) is 0 Å². The van der Waals surface area contributed by atoms with Crippen LogP contribution in [0.1, 0.15) is 30.5 Å². The molecule has 4 aromatic rings. The van der Waals surface area contributed by atoms with Crippen LogP contribution in [0.3, 0.4) is 0 Å². The predicted octanol–water partition coefficient (Wildman–Crippen LogP) is 6.52. The summed E-state index contributed by atoms with van der Waals surface area (Å²) < 4.78 is 83.9. The minimum Gasteiger partial charge on any atom is -0.497 e. The first kappa shape index (κ1) is 29.9. The maximum absolute atomic E-state index is 15.5. The molecule has 0 spiro atoms. The molecule has 216 valence electrons. The monoisotopic (exact) mass is 606 g/mol. The number of nitrogens with zero attached hydrogens (tertiary/aromatic N) is 3. The fourth-order valence-corrected chi connectivity index (χ4v) is 5.98. The number of anilines is 2. The van der Waals surface area contributed by atoms with E-state index in [4.69, 9.17) is 21.1 Å². The summed E-state index contributed by atoms with van der Waals surface area (Å²) in [5.74, 6) is -2.57. The van der Waals surface area contributed by atoms with Crippen LogP contribution in [0.15, 0.2) is 72.0 Å². The molecule has 0 aliphatic carbocycles. The summed E-state index contributed by atoms with van der Waals surface area (Å²) in [5.41, 5.74) is 0.707. The summed E-state index contributed by atoms with van der Waals surface area (Å²) >= 11 is 6.22. The highest BCUT2D eigenvalue weighted by Gasteiger charge is 2.33. The Morgan fingerprint density at radius 3 is 2.34 bits per heavy atom. The third kappa shape index (κ3) is 6.49. The number of halogens is 4. The summed E-state index contributed by atoms with van der Waals surface area (Å²) in [6, 6.07) is 10.9. The molecule has 8 nitrogen and oxygen atoms in total. The molecule has 13 heteroatoms. The van der Waals surface area contributed by atoms with Gasteiger partial charge in [-0.1, -0.05) is 18.5 Å². The highest BCUT2D eigenvalue weighted by Crippen LogP contribution is 2.34. The molecule has 1 unspecified atom stereocenters. The van der Waals surface area contributed by atoms with Crippen LogP contribution >= 0.6 is 11.6 Å². The van der Waals surface area contributed by atoms with E-state index < -0.39 is 38.4 Å². The van der Waals surface area contributed by atoms with Crippen molar-refractivity contribution in [2.24, 2.45) is 0 Å². The highest BCUT2D eigenvalue weighted by molar-refractivity contribution is 7.92. The molecule has 0 aliphatic heterocycles. The molecule has 1 aromatic heterocycles. The van der Waals surface area contributed by atoms with Crippen molar-refractivity contribution in [1.29, 1.82) is 0 Å². The van der Waals surface area contributed by atoms with E-state index in [1.165, 1.54) is 44.7 Å². The van der Waals surface area contributed by atoms with Crippen LogP contribution in [0.4, 0.5) is 24.7 Å². The van der Waals surface area contributed by atoms with Gasteiger partial charge >= 0.3 is 0 Å². The van der Waals surface area contributed by atoms with Crippen molar-refractivity contribution in [2.45, 2.75) is 30.8 Å². The average Bonchev–Trinajstić information content (AvgIpc) is 2.95. The number of hydrogen-bond donors (Lipinski definition) is 1. The Balaban J connectivity index is 1.74. The second-order valence-electron chi connectivity index (χ2n) is 8.80. The smallest absolute Gasteiger partial charge is 0.271 e. The van der Waals surface area contributed by atoms with Crippen LogP contribution < -0.4 is 19.1 Å². The number of rotatable bonds is 11. The van der Waals surface area contributed by atoms with Crippen molar-refractivity contribution in [1.82, 2.24) is 9.97 Å². The lowest BCUT2D eigenvalue weighted by Crippen LogP contribution is -2.33. The molecule has 0 saturated heterocycles. The average molecular weight is 607 g/mol. The summed E-state index contributed by atoms with van der Waals surface area (Å²) in [7, 11) is -2.00. The first-order valence-electron chi connectivity index (χ1n) is 12.3. The number of ether oxygens (including phenoxy) is 2. The van der Waals surface area contributed by atoms with Gasteiger partial charge in [-0.2, -0.15) is 0 Å². The zero-order valence-corrected chi connectivity index (χ0v) is 23.8. The van der Waals surface area contributed by atoms with E-state index in [-0.39, 0.29) is 23.1 Å². The molecular formula is C28H26ClF3N4O4S. The molecule has 4 rings (SSSR count). The number of aromatic nitrogens is 2. The van der Waals surface area contributed by atoms with E-state index in [2.05, 4.69) is 15.3 Å². The Hall–Kier alpha value is -4.03. The van der Waals surface area contributed by atoms with E-state index in [0.29, 0.717) is 29.0 Å². The third-order valence-corrected chi connectivity index (χ3v) is 8.41. The van der Waals surface area contributed by atoms with Gasteiger partial charge in [-0.05, 0) is 54.4 Å². The molecule has 1 N–H and O–H groups in total. The summed E-state index contributed by atoms with van der Waals surface area (Å²) in [6.45, 7) is 1.40. The lowest BCUT2D eigenvalue weighted by Gasteiger charge is -2.25. The van der Waals surface area contributed by atoms with Crippen LogP contribution in [0, 0.1) is 17.5 Å². The predicted molar refractivity (Wildman–Crippen MR) is 149 cm³/mol. The molecule has 0 radical (unpaired) electrons. The van der Waals surface area contributed by atoms with Gasteiger partial charge in [-0.25, -0.2) is 35.9 Å². The Labute approximate surface area is 240 Å². The Kier molecular flexibility index (Phi) is 9.24. The van der Waals surface area contributed by atoms with Crippen LogP contribution in [0.5, 0.6) is 11.5 Å². The number of benzene rings is 3. The number of sulfonamides is 1. The lowest BCUT2D eigenvalue weighted by atomic mass is 10.0. The van der Waals surface area contributed by atoms with Crippen LogP contribution in [-0.2, 0) is 16.6 Å². The Morgan fingerprint density at radius 2 is 1.73 bits per heavy atom. The molecule has 1 atom stereocenters. The molecule has 0 bridgehead atoms. The van der Waals surface area contributed by atoms with Crippen LogP contribution in [-0.4, -0.2) is 32.6 Å². The van der Waals surface area contributed by atoms with Gasteiger partial charge in [0, 0.05) is 34.6 Å². The first-order valence-corrected chi connectivity index (χ1v) is 14.1. The van der Waals surface area contributed by atoms with Gasteiger partial charge in [0.2, 0.25) is 0 Å². The SMILES string of the molecule is CCC(Nc1cc(F)c(S(=O)(=O)N(Cc2ccc(OC)cc2OC)c2ccncn2)c(F)c1)c1cc(F)ccc1Cl. The van der Waals surface area contributed by atoms with E-state index in [9.17, 15) is 12.8 Å². The van der Waals surface area contributed by atoms with Gasteiger partial charge < -0.3 is 14.8 Å². The van der Waals surface area contributed by atoms with Crippen molar-refractivity contribution < 1.29 is 31.1 Å². The third-order valence-electron chi connectivity index (χ3n) is 6.26. The quantitative estimate of drug-likeness (QED) is 0.208. The van der Waals surface area contributed by atoms with Crippen molar-refractivity contribution in [3.63, 3.8) is 0 Å². The van der Waals surface area contributed by atoms with Crippen molar-refractivity contribution in [3.8, 4) is 11.5 Å². The number of methoxy groups -OCH3 is 2.